The number of nitrogens with zero attached hydrogens (tertiary/aromatic N) is 1. The lowest BCUT2D eigenvalue weighted by molar-refractivity contribution is -0.740. The fourth-order valence-electron chi connectivity index (χ4n) is 1.21. The van der Waals surface area contributed by atoms with Crippen molar-refractivity contribution >= 4 is 11.7 Å². The molecule has 6 heteroatoms. The number of carboxylic acids is 1. The van der Waals surface area contributed by atoms with Crippen LogP contribution in [0.4, 0.5) is 5.69 Å². The lowest BCUT2D eigenvalue weighted by Crippen LogP contribution is -2.96. The first-order chi connectivity index (χ1) is 7.16. The van der Waals surface area contributed by atoms with Gasteiger partial charge in [-0.1, -0.05) is 0 Å². The summed E-state index contributed by atoms with van der Waals surface area (Å²) in [7, 11) is 0. The first-order valence-corrected chi connectivity index (χ1v) is 4.23. The van der Waals surface area contributed by atoms with E-state index < -0.39 is 5.97 Å². The number of hydrogen-bond acceptors (Lipinski definition) is 3. The van der Waals surface area contributed by atoms with Gasteiger partial charge in [0.15, 0.2) is 6.20 Å². The van der Waals surface area contributed by atoms with Gasteiger partial charge in [0.2, 0.25) is 5.88 Å². The second kappa shape index (κ2) is 3.60. The van der Waals surface area contributed by atoms with Crippen molar-refractivity contribution in [3.63, 3.8) is 0 Å². The molecule has 0 fully saturated rings. The number of rotatable bonds is 2. The van der Waals surface area contributed by atoms with E-state index in [0.29, 0.717) is 5.01 Å². The quantitative estimate of drug-likeness (QED) is 0.631. The Labute approximate surface area is 85.5 Å². The summed E-state index contributed by atoms with van der Waals surface area (Å²) in [4.78, 5) is 15.3. The lowest BCUT2D eigenvalue weighted by atomic mass is 10.2. The van der Waals surface area contributed by atoms with Crippen LogP contribution in [0.2, 0.25) is 0 Å². The molecule has 2 rings (SSSR count). The van der Waals surface area contributed by atoms with Crippen molar-refractivity contribution in [3.05, 3.63) is 47.5 Å². The van der Waals surface area contributed by atoms with E-state index in [0.717, 1.165) is 5.69 Å². The number of benzene rings is 1. The van der Waals surface area contributed by atoms with Crippen LogP contribution < -0.4 is 10.7 Å². The van der Waals surface area contributed by atoms with Crippen LogP contribution in [0.1, 0.15) is 10.4 Å². The van der Waals surface area contributed by atoms with Gasteiger partial charge in [0, 0.05) is 0 Å². The number of nitrogens with two attached hydrogens (primary N) is 1. The molecule has 78 valence electrons. The van der Waals surface area contributed by atoms with E-state index in [1.165, 1.54) is 12.1 Å². The third-order valence-corrected chi connectivity index (χ3v) is 1.96. The van der Waals surface area contributed by atoms with Gasteiger partial charge in [0.05, 0.1) is 5.56 Å². The zero-order chi connectivity index (χ0) is 10.8. The van der Waals surface area contributed by atoms with Crippen LogP contribution in [-0.2, 0) is 4.84 Å². The van der Waals surface area contributed by atoms with Gasteiger partial charge in [-0.15, -0.1) is 0 Å². The molecule has 1 atom stereocenters. The Morgan fingerprint density at radius 2 is 2.07 bits per heavy atom. The van der Waals surface area contributed by atoms with Crippen molar-refractivity contribution in [1.29, 1.82) is 0 Å². The largest absolute Gasteiger partial charge is 0.522 e. The number of carbonyl (C=O) groups is 1. The highest BCUT2D eigenvalue weighted by atomic mass is 16.7. The highest BCUT2D eigenvalue weighted by Gasteiger charge is 2.10. The number of quaternary nitrogens is 1. The Hall–Kier alpha value is -2.05. The maximum absolute atomic E-state index is 10.6. The molecule has 0 amide bonds. The van der Waals surface area contributed by atoms with Crippen LogP contribution >= 0.6 is 0 Å². The van der Waals surface area contributed by atoms with E-state index >= 15 is 0 Å². The van der Waals surface area contributed by atoms with E-state index in [9.17, 15) is 4.79 Å². The fourth-order valence-corrected chi connectivity index (χ4v) is 1.21. The van der Waals surface area contributed by atoms with Crippen LogP contribution in [0.3, 0.4) is 0 Å². The van der Waals surface area contributed by atoms with Crippen LogP contribution in [0.5, 0.6) is 0 Å². The van der Waals surface area contributed by atoms with Gasteiger partial charge < -0.3 is 20.7 Å². The van der Waals surface area contributed by atoms with E-state index in [2.05, 4.69) is 5.59 Å². The van der Waals surface area contributed by atoms with E-state index in [-0.39, 0.29) is 11.4 Å². The third-order valence-electron chi connectivity index (χ3n) is 1.96. The van der Waals surface area contributed by atoms with Gasteiger partial charge in [-0.2, -0.15) is 0 Å². The van der Waals surface area contributed by atoms with Crippen molar-refractivity contribution in [3.8, 4) is 0 Å². The minimum Gasteiger partial charge on any atom is -0.522 e. The highest BCUT2D eigenvalue weighted by molar-refractivity contribution is 5.87. The molecule has 0 aromatic heterocycles. The molecule has 0 radical (unpaired) electrons. The summed E-state index contributed by atoms with van der Waals surface area (Å²) in [6.07, 6.45) is 1.58. The van der Waals surface area contributed by atoms with Gasteiger partial charge in [-0.05, 0) is 24.3 Å². The Kier molecular flexibility index (Phi) is 2.28. The Morgan fingerprint density at radius 1 is 1.40 bits per heavy atom. The van der Waals surface area contributed by atoms with Gasteiger partial charge >= 0.3 is 5.97 Å². The molecule has 1 unspecified atom stereocenters. The van der Waals surface area contributed by atoms with Crippen LogP contribution in [-0.4, -0.2) is 11.1 Å². The van der Waals surface area contributed by atoms with E-state index in [4.69, 9.17) is 15.7 Å². The first kappa shape index (κ1) is 9.50. The predicted octanol–water partition coefficient (Wildman–Crippen LogP) is -0.107. The smallest absolute Gasteiger partial charge is 0.335 e. The van der Waals surface area contributed by atoms with Crippen LogP contribution in [0.15, 0.2) is 36.3 Å². The molecule has 0 saturated heterocycles. The van der Waals surface area contributed by atoms with Crippen molar-refractivity contribution < 1.29 is 19.7 Å². The summed E-state index contributed by atoms with van der Waals surface area (Å²) >= 11 is 0. The van der Waals surface area contributed by atoms with Crippen molar-refractivity contribution in [1.82, 2.24) is 0 Å². The maximum Gasteiger partial charge on any atom is 0.335 e. The summed E-state index contributed by atoms with van der Waals surface area (Å²) in [6, 6.07) is 6.31. The second-order valence-electron chi connectivity index (χ2n) is 3.00. The van der Waals surface area contributed by atoms with Gasteiger partial charge in [-0.25, -0.2) is 4.79 Å². The summed E-state index contributed by atoms with van der Waals surface area (Å²) in [6.45, 7) is 0. The zero-order valence-electron chi connectivity index (χ0n) is 7.68. The average Bonchev–Trinajstić information content (AvgIpc) is 2.65. The number of hydrogen-bond donors (Lipinski definition) is 3. The molecule has 1 aliphatic heterocycles. The normalized spacial score (nSPS) is 19.5. The number of carboxylic acid groups (broad SMARTS) is 1. The molecule has 1 heterocycles. The Morgan fingerprint density at radius 3 is 2.53 bits per heavy atom. The summed E-state index contributed by atoms with van der Waals surface area (Å²) in [5.41, 5.74) is 10.1. The molecule has 0 saturated carbocycles. The molecular formula is C9H9N3O3. The predicted molar refractivity (Wildman–Crippen MR) is 50.7 cm³/mol. The lowest BCUT2D eigenvalue weighted by Gasteiger charge is -2.18. The number of nitrogens with one attached hydrogen (secondary N) is 1. The second-order valence-corrected chi connectivity index (χ2v) is 3.00. The highest BCUT2D eigenvalue weighted by Crippen LogP contribution is 2.08. The Balaban J connectivity index is 2.21. The molecule has 4 N–H and O–H groups in total. The fraction of sp³-hybridized carbons (Fsp3) is 0. The van der Waals surface area contributed by atoms with E-state index in [1.807, 2.05) is 0 Å². The summed E-state index contributed by atoms with van der Waals surface area (Å²) in [5, 5.41) is 9.28. The summed E-state index contributed by atoms with van der Waals surface area (Å²) in [5.74, 6) is -0.728. The minimum atomic E-state index is -0.957. The Bertz CT molecular complexity index is 413. The van der Waals surface area contributed by atoms with Gasteiger partial charge in [0.25, 0.3) is 0 Å². The molecule has 1 aliphatic rings. The average molecular weight is 207 g/mol. The minimum absolute atomic E-state index is 0.229. The van der Waals surface area contributed by atoms with E-state index in [1.54, 1.807) is 18.3 Å². The SMILES string of the molecule is NC1=C[NH+](c2ccc(C(=O)O)cc2)[N-]O1. The molecular weight excluding hydrogens is 198 g/mol. The molecule has 0 spiro atoms. The van der Waals surface area contributed by atoms with Crippen LogP contribution in [0.25, 0.3) is 5.59 Å². The van der Waals surface area contributed by atoms with Gasteiger partial charge in [0.1, 0.15) is 5.69 Å². The standard InChI is InChI=1S/C9H9N3O3/c10-8-5-12(11-15-8)7-3-1-6(2-4-7)9(13)14/h1-5,12H,10H2,(H,13,14). The molecule has 15 heavy (non-hydrogen) atoms. The monoisotopic (exact) mass is 207 g/mol. The van der Waals surface area contributed by atoms with Crippen molar-refractivity contribution in [2.45, 2.75) is 0 Å². The van der Waals surface area contributed by atoms with Crippen LogP contribution in [0, 0.1) is 0 Å². The summed E-state index contributed by atoms with van der Waals surface area (Å²) < 4.78 is 0. The van der Waals surface area contributed by atoms with Crippen molar-refractivity contribution in [2.75, 3.05) is 0 Å². The third kappa shape index (κ3) is 1.90. The maximum atomic E-state index is 10.6. The number of aromatic carboxylic acids is 1. The topological polar surface area (TPSA) is 91.1 Å². The first-order valence-electron chi connectivity index (χ1n) is 4.23. The molecule has 1 aromatic carbocycles. The zero-order valence-corrected chi connectivity index (χ0v) is 7.68. The molecule has 1 aromatic rings. The van der Waals surface area contributed by atoms with Crippen molar-refractivity contribution in [2.24, 2.45) is 5.73 Å². The van der Waals surface area contributed by atoms with Gasteiger partial charge in [-0.3, -0.25) is 5.59 Å². The molecule has 6 nitrogen and oxygen atoms in total. The molecule has 0 aliphatic carbocycles. The molecule has 0 bridgehead atoms.